The molecule has 0 unspecified atom stereocenters. The smallest absolute Gasteiger partial charge is 0.338 e. The van der Waals surface area contributed by atoms with Crippen LogP contribution in [0.4, 0.5) is 4.39 Å². The Morgan fingerprint density at radius 1 is 0.962 bits per heavy atom. The van der Waals surface area contributed by atoms with E-state index in [1.165, 1.54) is 0 Å². The van der Waals surface area contributed by atoms with Crippen molar-refractivity contribution in [3.8, 4) is 0 Å². The lowest BCUT2D eigenvalue weighted by molar-refractivity contribution is -0.0342. The third kappa shape index (κ3) is 4.28. The number of hydrogen-bond acceptors (Lipinski definition) is 5. The fourth-order valence-corrected chi connectivity index (χ4v) is 3.11. The first-order valence-corrected chi connectivity index (χ1v) is 8.89. The van der Waals surface area contributed by atoms with Crippen LogP contribution in [0.15, 0.2) is 60.7 Å². The minimum Gasteiger partial charge on any atom is -0.459 e. The van der Waals surface area contributed by atoms with E-state index in [4.69, 9.17) is 14.2 Å². The first-order valence-electron chi connectivity index (χ1n) is 7.98. The van der Waals surface area contributed by atoms with Gasteiger partial charge in [0.1, 0.15) is 17.7 Å². The number of carbonyl (C=O) groups excluding carboxylic acids is 2. The molecular formula is C19H16BrFO5. The summed E-state index contributed by atoms with van der Waals surface area (Å²) in [5.41, 5.74) is 0.674. The molecule has 1 fully saturated rings. The third-order valence-electron chi connectivity index (χ3n) is 3.88. The summed E-state index contributed by atoms with van der Waals surface area (Å²) < 4.78 is 30.2. The molecule has 0 amide bonds. The Hall–Kier alpha value is -2.25. The van der Waals surface area contributed by atoms with Crippen molar-refractivity contribution in [3.63, 3.8) is 0 Å². The lowest BCUT2D eigenvalue weighted by Crippen LogP contribution is -2.37. The van der Waals surface area contributed by atoms with E-state index in [2.05, 4.69) is 15.9 Å². The topological polar surface area (TPSA) is 61.8 Å². The van der Waals surface area contributed by atoms with Crippen molar-refractivity contribution in [2.75, 3.05) is 6.61 Å². The molecule has 1 heterocycles. The fraction of sp³-hybridized carbons (Fsp3) is 0.263. The molecule has 0 N–H and O–H groups in total. The summed E-state index contributed by atoms with van der Waals surface area (Å²) in [6.07, 6.45) is -3.67. The Morgan fingerprint density at radius 3 is 2.08 bits per heavy atom. The van der Waals surface area contributed by atoms with Gasteiger partial charge in [0.15, 0.2) is 12.3 Å². The molecule has 0 saturated carbocycles. The molecular weight excluding hydrogens is 407 g/mol. The van der Waals surface area contributed by atoms with Gasteiger partial charge in [-0.25, -0.2) is 14.0 Å². The number of hydrogen-bond donors (Lipinski definition) is 0. The van der Waals surface area contributed by atoms with Crippen LogP contribution in [0.5, 0.6) is 0 Å². The van der Waals surface area contributed by atoms with Gasteiger partial charge < -0.3 is 14.2 Å². The highest BCUT2D eigenvalue weighted by Gasteiger charge is 2.47. The van der Waals surface area contributed by atoms with Gasteiger partial charge in [0.05, 0.1) is 11.1 Å². The van der Waals surface area contributed by atoms with Crippen LogP contribution < -0.4 is 0 Å². The summed E-state index contributed by atoms with van der Waals surface area (Å²) in [4.78, 5) is 24.2. The Labute approximate surface area is 158 Å². The molecule has 4 atom stereocenters. The van der Waals surface area contributed by atoms with Gasteiger partial charge in [-0.05, 0) is 24.3 Å². The quantitative estimate of drug-likeness (QED) is 0.544. The summed E-state index contributed by atoms with van der Waals surface area (Å²) >= 11 is 3.05. The average Bonchev–Trinajstić information content (AvgIpc) is 2.95. The summed E-state index contributed by atoms with van der Waals surface area (Å²) in [6.45, 7) is -0.233. The maximum Gasteiger partial charge on any atom is 0.338 e. The van der Waals surface area contributed by atoms with E-state index in [9.17, 15) is 14.0 Å². The fourth-order valence-electron chi connectivity index (χ4n) is 2.53. The molecule has 1 aliphatic rings. The van der Waals surface area contributed by atoms with Gasteiger partial charge >= 0.3 is 11.9 Å². The van der Waals surface area contributed by atoms with Crippen molar-refractivity contribution in [1.29, 1.82) is 0 Å². The van der Waals surface area contributed by atoms with E-state index in [1.54, 1.807) is 60.7 Å². The molecule has 0 aliphatic carbocycles. The molecule has 26 heavy (non-hydrogen) atoms. The van der Waals surface area contributed by atoms with E-state index in [1.807, 2.05) is 0 Å². The first kappa shape index (κ1) is 18.5. The van der Waals surface area contributed by atoms with E-state index < -0.39 is 35.3 Å². The second kappa shape index (κ2) is 8.42. The van der Waals surface area contributed by atoms with Crippen molar-refractivity contribution in [1.82, 2.24) is 0 Å². The van der Waals surface area contributed by atoms with Crippen LogP contribution in [0.2, 0.25) is 0 Å². The van der Waals surface area contributed by atoms with Gasteiger partial charge in [0, 0.05) is 0 Å². The molecule has 3 rings (SSSR count). The van der Waals surface area contributed by atoms with Crippen LogP contribution in [0.3, 0.4) is 0 Å². The lowest BCUT2D eigenvalue weighted by Gasteiger charge is -2.19. The Morgan fingerprint density at radius 2 is 1.50 bits per heavy atom. The summed E-state index contributed by atoms with van der Waals surface area (Å²) in [5.74, 6) is -1.22. The van der Waals surface area contributed by atoms with Gasteiger partial charge in [0.2, 0.25) is 0 Å². The molecule has 1 aliphatic heterocycles. The number of halogens is 2. The largest absolute Gasteiger partial charge is 0.459 e. The zero-order valence-corrected chi connectivity index (χ0v) is 15.2. The molecule has 2 aromatic carbocycles. The number of carbonyl (C=O) groups is 2. The highest BCUT2D eigenvalue weighted by Crippen LogP contribution is 2.31. The number of esters is 2. The Bertz CT molecular complexity index is 755. The third-order valence-corrected chi connectivity index (χ3v) is 4.60. The molecule has 5 nitrogen and oxygen atoms in total. The molecule has 136 valence electrons. The van der Waals surface area contributed by atoms with E-state index in [0.29, 0.717) is 11.1 Å². The molecule has 0 bridgehead atoms. The number of rotatable bonds is 5. The minimum absolute atomic E-state index is 0.233. The van der Waals surface area contributed by atoms with Crippen molar-refractivity contribution in [2.24, 2.45) is 0 Å². The van der Waals surface area contributed by atoms with Gasteiger partial charge in [0.25, 0.3) is 0 Å². The van der Waals surface area contributed by atoms with Crippen molar-refractivity contribution in [2.45, 2.75) is 23.4 Å². The maximum atomic E-state index is 14.4. The molecule has 0 radical (unpaired) electrons. The minimum atomic E-state index is -1.58. The van der Waals surface area contributed by atoms with Crippen LogP contribution >= 0.6 is 15.9 Å². The van der Waals surface area contributed by atoms with Crippen molar-refractivity contribution >= 4 is 27.9 Å². The number of alkyl halides is 2. The predicted octanol–water partition coefficient (Wildman–Crippen LogP) is 3.53. The summed E-state index contributed by atoms with van der Waals surface area (Å²) in [6, 6.07) is 16.7. The SMILES string of the molecule is O=C(OC[C@H]1O[C@H](Br)[C@H](F)[C@@H]1OC(=O)c1ccccc1)c1ccccc1. The highest BCUT2D eigenvalue weighted by atomic mass is 79.9. The maximum absolute atomic E-state index is 14.4. The monoisotopic (exact) mass is 422 g/mol. The highest BCUT2D eigenvalue weighted by molar-refractivity contribution is 9.09. The summed E-state index contributed by atoms with van der Waals surface area (Å²) in [5, 5.41) is -0.948. The zero-order valence-electron chi connectivity index (χ0n) is 13.6. The van der Waals surface area contributed by atoms with E-state index >= 15 is 0 Å². The number of ether oxygens (including phenoxy) is 3. The normalized spacial score (nSPS) is 24.8. The van der Waals surface area contributed by atoms with Crippen LogP contribution in [-0.2, 0) is 14.2 Å². The molecule has 0 aromatic heterocycles. The van der Waals surface area contributed by atoms with Gasteiger partial charge in [-0.2, -0.15) is 0 Å². The van der Waals surface area contributed by atoms with Crippen LogP contribution in [0.1, 0.15) is 20.7 Å². The molecule has 0 spiro atoms. The van der Waals surface area contributed by atoms with Crippen molar-refractivity contribution in [3.05, 3.63) is 71.8 Å². The van der Waals surface area contributed by atoms with Gasteiger partial charge in [-0.1, -0.05) is 52.3 Å². The second-order valence-electron chi connectivity index (χ2n) is 5.67. The van der Waals surface area contributed by atoms with Crippen LogP contribution in [0.25, 0.3) is 0 Å². The van der Waals surface area contributed by atoms with Gasteiger partial charge in [-0.3, -0.25) is 0 Å². The second-order valence-corrected chi connectivity index (χ2v) is 6.57. The molecule has 2 aromatic rings. The van der Waals surface area contributed by atoms with E-state index in [0.717, 1.165) is 0 Å². The number of benzene rings is 2. The molecule has 7 heteroatoms. The van der Waals surface area contributed by atoms with Crippen molar-refractivity contribution < 1.29 is 28.2 Å². The lowest BCUT2D eigenvalue weighted by atomic mass is 10.1. The van der Waals surface area contributed by atoms with Crippen LogP contribution in [0, 0.1) is 0 Å². The van der Waals surface area contributed by atoms with Gasteiger partial charge in [-0.15, -0.1) is 0 Å². The summed E-state index contributed by atoms with van der Waals surface area (Å²) in [7, 11) is 0. The average molecular weight is 423 g/mol. The Kier molecular flexibility index (Phi) is 6.00. The first-order chi connectivity index (χ1) is 12.6. The molecule has 1 saturated heterocycles. The zero-order chi connectivity index (χ0) is 18.5. The van der Waals surface area contributed by atoms with Crippen LogP contribution in [-0.4, -0.2) is 41.9 Å². The standard InChI is InChI=1S/C19H16BrFO5/c20-17-15(21)16(26-19(23)13-9-5-2-6-10-13)14(25-17)11-24-18(22)12-7-3-1-4-8-12/h1-10,14-17H,11H2/t14-,15-,16-,17+/m1/s1. The predicted molar refractivity (Wildman–Crippen MR) is 94.9 cm³/mol. The Balaban J connectivity index is 1.63. The van der Waals surface area contributed by atoms with E-state index in [-0.39, 0.29) is 6.61 Å².